The molecule has 0 spiro atoms. The summed E-state index contributed by atoms with van der Waals surface area (Å²) < 4.78 is 15.9. The molecule has 132 valence electrons. The molecule has 1 aromatic rings. The summed E-state index contributed by atoms with van der Waals surface area (Å²) in [6.07, 6.45) is 0. The third kappa shape index (κ3) is 5.18. The summed E-state index contributed by atoms with van der Waals surface area (Å²) in [5.41, 5.74) is 6.43. The normalized spacial score (nSPS) is 12.0. The molecular formula is C16H27ClN2O4. The Kier molecular flexibility index (Phi) is 8.20. The SMILES string of the molecule is COc1ccc(CNC(=O)[C@@H](N)C(C)(C)C)c(OC)c1OC.Cl. The lowest BCUT2D eigenvalue weighted by molar-refractivity contribution is -0.124. The summed E-state index contributed by atoms with van der Waals surface area (Å²) in [5, 5.41) is 2.83. The number of rotatable bonds is 6. The van der Waals surface area contributed by atoms with Crippen molar-refractivity contribution in [3.8, 4) is 17.2 Å². The predicted octanol–water partition coefficient (Wildman–Crippen LogP) is 2.12. The molecule has 0 aliphatic heterocycles. The van der Waals surface area contributed by atoms with E-state index in [9.17, 15) is 4.79 Å². The number of ether oxygens (including phenoxy) is 3. The van der Waals surface area contributed by atoms with E-state index in [1.807, 2.05) is 26.8 Å². The molecule has 1 atom stereocenters. The molecule has 0 heterocycles. The summed E-state index contributed by atoms with van der Waals surface area (Å²) >= 11 is 0. The zero-order valence-corrected chi connectivity index (χ0v) is 15.4. The Morgan fingerprint density at radius 2 is 1.70 bits per heavy atom. The van der Waals surface area contributed by atoms with E-state index >= 15 is 0 Å². The molecular weight excluding hydrogens is 320 g/mol. The summed E-state index contributed by atoms with van der Waals surface area (Å²) in [6, 6.07) is 3.01. The minimum Gasteiger partial charge on any atom is -0.493 e. The first kappa shape index (κ1) is 21.3. The number of hydrogen-bond donors (Lipinski definition) is 2. The summed E-state index contributed by atoms with van der Waals surface area (Å²) in [4.78, 5) is 12.1. The predicted molar refractivity (Wildman–Crippen MR) is 92.6 cm³/mol. The van der Waals surface area contributed by atoms with Gasteiger partial charge in [-0.15, -0.1) is 12.4 Å². The quantitative estimate of drug-likeness (QED) is 0.824. The smallest absolute Gasteiger partial charge is 0.237 e. The first-order valence-electron chi connectivity index (χ1n) is 7.07. The fraction of sp³-hybridized carbons (Fsp3) is 0.562. The molecule has 0 saturated heterocycles. The lowest BCUT2D eigenvalue weighted by Crippen LogP contribution is -2.48. The van der Waals surface area contributed by atoms with Crippen LogP contribution < -0.4 is 25.3 Å². The number of carbonyl (C=O) groups excluding carboxylic acids is 1. The van der Waals surface area contributed by atoms with Gasteiger partial charge in [-0.1, -0.05) is 20.8 Å². The van der Waals surface area contributed by atoms with Crippen LogP contribution in [0.25, 0.3) is 0 Å². The fourth-order valence-electron chi connectivity index (χ4n) is 1.99. The highest BCUT2D eigenvalue weighted by atomic mass is 35.5. The number of hydrogen-bond acceptors (Lipinski definition) is 5. The van der Waals surface area contributed by atoms with E-state index in [0.29, 0.717) is 23.8 Å². The van der Waals surface area contributed by atoms with Gasteiger partial charge in [0, 0.05) is 12.1 Å². The molecule has 0 bridgehead atoms. The van der Waals surface area contributed by atoms with E-state index in [1.54, 1.807) is 20.3 Å². The average Bonchev–Trinajstić information content (AvgIpc) is 2.49. The average molecular weight is 347 g/mol. The zero-order valence-electron chi connectivity index (χ0n) is 14.6. The maximum absolute atomic E-state index is 12.1. The third-order valence-electron chi connectivity index (χ3n) is 3.45. The Bertz CT molecular complexity index is 530. The molecule has 3 N–H and O–H groups in total. The van der Waals surface area contributed by atoms with E-state index in [4.69, 9.17) is 19.9 Å². The van der Waals surface area contributed by atoms with Crippen LogP contribution in [0.3, 0.4) is 0 Å². The fourth-order valence-corrected chi connectivity index (χ4v) is 1.99. The van der Waals surface area contributed by atoms with Gasteiger partial charge in [0.25, 0.3) is 0 Å². The summed E-state index contributed by atoms with van der Waals surface area (Å²) in [7, 11) is 4.64. The van der Waals surface area contributed by atoms with Gasteiger partial charge in [-0.3, -0.25) is 4.79 Å². The van der Waals surface area contributed by atoms with Crippen LogP contribution in [0.15, 0.2) is 12.1 Å². The van der Waals surface area contributed by atoms with Crippen molar-refractivity contribution in [1.82, 2.24) is 5.32 Å². The molecule has 23 heavy (non-hydrogen) atoms. The largest absolute Gasteiger partial charge is 0.493 e. The van der Waals surface area contributed by atoms with Crippen LogP contribution in [0.1, 0.15) is 26.3 Å². The topological polar surface area (TPSA) is 82.8 Å². The first-order chi connectivity index (χ1) is 10.3. The number of carbonyl (C=O) groups is 1. The van der Waals surface area contributed by atoms with Crippen molar-refractivity contribution in [2.24, 2.45) is 11.1 Å². The minimum absolute atomic E-state index is 0. The van der Waals surface area contributed by atoms with Crippen molar-refractivity contribution in [2.75, 3.05) is 21.3 Å². The number of nitrogens with two attached hydrogens (primary N) is 1. The second-order valence-corrected chi connectivity index (χ2v) is 6.05. The van der Waals surface area contributed by atoms with Gasteiger partial charge in [0.15, 0.2) is 11.5 Å². The standard InChI is InChI=1S/C16H26N2O4.ClH/c1-16(2,3)14(17)15(19)18-9-10-7-8-11(20-4)13(22-6)12(10)21-5;/h7-8,14H,9,17H2,1-6H3,(H,18,19);1H/t14-;/m1./s1. The van der Waals surface area contributed by atoms with Gasteiger partial charge >= 0.3 is 0 Å². The van der Waals surface area contributed by atoms with E-state index in [0.717, 1.165) is 5.56 Å². The first-order valence-corrected chi connectivity index (χ1v) is 7.07. The monoisotopic (exact) mass is 346 g/mol. The number of nitrogens with one attached hydrogen (secondary N) is 1. The molecule has 7 heteroatoms. The Morgan fingerprint density at radius 3 is 2.13 bits per heavy atom. The van der Waals surface area contributed by atoms with Gasteiger partial charge in [0.1, 0.15) is 0 Å². The van der Waals surface area contributed by atoms with Crippen LogP contribution in [0.5, 0.6) is 17.2 Å². The molecule has 0 unspecified atom stereocenters. The molecule has 1 aromatic carbocycles. The third-order valence-corrected chi connectivity index (χ3v) is 3.45. The number of amides is 1. The highest BCUT2D eigenvalue weighted by molar-refractivity contribution is 5.85. The van der Waals surface area contributed by atoms with Gasteiger partial charge in [0.2, 0.25) is 11.7 Å². The molecule has 1 amide bonds. The Balaban J connectivity index is 0.00000484. The minimum atomic E-state index is -0.585. The van der Waals surface area contributed by atoms with Crippen LogP contribution in [0.4, 0.5) is 0 Å². The van der Waals surface area contributed by atoms with E-state index in [1.165, 1.54) is 7.11 Å². The van der Waals surface area contributed by atoms with E-state index < -0.39 is 6.04 Å². The highest BCUT2D eigenvalue weighted by Gasteiger charge is 2.27. The number of halogens is 1. The van der Waals surface area contributed by atoms with Crippen LogP contribution in [-0.2, 0) is 11.3 Å². The van der Waals surface area contributed by atoms with Crippen LogP contribution in [-0.4, -0.2) is 33.3 Å². The Labute approximate surface area is 144 Å². The van der Waals surface area contributed by atoms with Crippen molar-refractivity contribution >= 4 is 18.3 Å². The molecule has 0 aliphatic rings. The van der Waals surface area contributed by atoms with Gasteiger partial charge in [-0.2, -0.15) is 0 Å². The maximum Gasteiger partial charge on any atom is 0.237 e. The zero-order chi connectivity index (χ0) is 16.9. The number of benzene rings is 1. The van der Waals surface area contributed by atoms with Gasteiger partial charge < -0.3 is 25.3 Å². The molecule has 0 fully saturated rings. The Hall–Kier alpha value is -1.66. The highest BCUT2D eigenvalue weighted by Crippen LogP contribution is 2.39. The molecule has 6 nitrogen and oxygen atoms in total. The molecule has 0 aliphatic carbocycles. The van der Waals surface area contributed by atoms with E-state index in [-0.39, 0.29) is 23.7 Å². The second-order valence-electron chi connectivity index (χ2n) is 6.05. The number of methoxy groups -OCH3 is 3. The molecule has 0 radical (unpaired) electrons. The molecule has 1 rings (SSSR count). The van der Waals surface area contributed by atoms with Crippen molar-refractivity contribution < 1.29 is 19.0 Å². The Morgan fingerprint density at radius 1 is 1.13 bits per heavy atom. The van der Waals surface area contributed by atoms with Crippen molar-refractivity contribution in [3.05, 3.63) is 17.7 Å². The summed E-state index contributed by atoms with van der Waals surface area (Å²) in [6.45, 7) is 6.07. The van der Waals surface area contributed by atoms with Crippen molar-refractivity contribution in [1.29, 1.82) is 0 Å². The van der Waals surface area contributed by atoms with Crippen LogP contribution >= 0.6 is 12.4 Å². The van der Waals surface area contributed by atoms with Gasteiger partial charge in [-0.25, -0.2) is 0 Å². The molecule has 0 aromatic heterocycles. The second kappa shape index (κ2) is 8.84. The summed E-state index contributed by atoms with van der Waals surface area (Å²) in [5.74, 6) is 1.40. The van der Waals surface area contributed by atoms with Crippen molar-refractivity contribution in [2.45, 2.75) is 33.4 Å². The van der Waals surface area contributed by atoms with Crippen LogP contribution in [0.2, 0.25) is 0 Å². The van der Waals surface area contributed by atoms with Gasteiger partial charge in [0.05, 0.1) is 27.4 Å². The lowest BCUT2D eigenvalue weighted by Gasteiger charge is -2.26. The maximum atomic E-state index is 12.1. The van der Waals surface area contributed by atoms with Crippen molar-refractivity contribution in [3.63, 3.8) is 0 Å². The lowest BCUT2D eigenvalue weighted by atomic mass is 9.87. The van der Waals surface area contributed by atoms with E-state index in [2.05, 4.69) is 5.32 Å². The van der Waals surface area contributed by atoms with Gasteiger partial charge in [-0.05, 0) is 17.5 Å². The van der Waals surface area contributed by atoms with Crippen LogP contribution in [0, 0.1) is 5.41 Å². The molecule has 0 saturated carbocycles.